The fourth-order valence-electron chi connectivity index (χ4n) is 4.41. The van der Waals surface area contributed by atoms with Crippen molar-refractivity contribution < 1.29 is 28.7 Å². The van der Waals surface area contributed by atoms with Gasteiger partial charge in [0.15, 0.2) is 0 Å². The number of carbonyl (C=O) groups is 4. The number of rotatable bonds is 10. The second kappa shape index (κ2) is 13.1. The Balaban J connectivity index is 1.36. The van der Waals surface area contributed by atoms with E-state index in [1.807, 2.05) is 6.07 Å². The van der Waals surface area contributed by atoms with Crippen molar-refractivity contribution in [1.82, 2.24) is 10.2 Å². The molecule has 10 heteroatoms. The van der Waals surface area contributed by atoms with Crippen molar-refractivity contribution in [2.75, 3.05) is 25.4 Å². The predicted molar refractivity (Wildman–Crippen MR) is 164 cm³/mol. The summed E-state index contributed by atoms with van der Waals surface area (Å²) < 4.78 is 10.8. The molecule has 2 N–H and O–H groups in total. The summed E-state index contributed by atoms with van der Waals surface area (Å²) in [7, 11) is 3.03. The van der Waals surface area contributed by atoms with Crippen LogP contribution in [0.25, 0.3) is 6.08 Å². The Hall–Kier alpha value is -5.35. The van der Waals surface area contributed by atoms with E-state index >= 15 is 0 Å². The Labute approximate surface area is 252 Å². The standard InChI is InChI=1S/C33H27N3O6S/c1-41-24-15-16-29(42-2)22(17-24)18-28(35-30(37)21-9-4-3-5-10-21)31(38)34-23-11-8-12-25(19-23)43-20-36-32(39)26-13-6-7-14-27(26)33(36)40/h3-19H,20H2,1-2H3,(H,34,38)(H,35,37)/b28-18+. The second-order valence-corrected chi connectivity index (χ2v) is 10.3. The highest BCUT2D eigenvalue weighted by Crippen LogP contribution is 2.29. The summed E-state index contributed by atoms with van der Waals surface area (Å²) in [6.07, 6.45) is 1.51. The lowest BCUT2D eigenvalue weighted by Crippen LogP contribution is -2.30. The number of imide groups is 1. The number of nitrogens with one attached hydrogen (secondary N) is 2. The largest absolute Gasteiger partial charge is 0.497 e. The summed E-state index contributed by atoms with van der Waals surface area (Å²) >= 11 is 1.28. The highest BCUT2D eigenvalue weighted by molar-refractivity contribution is 7.99. The van der Waals surface area contributed by atoms with Gasteiger partial charge in [0.2, 0.25) is 0 Å². The van der Waals surface area contributed by atoms with Crippen LogP contribution in [0.1, 0.15) is 36.6 Å². The van der Waals surface area contributed by atoms with Crippen molar-refractivity contribution in [3.05, 3.63) is 125 Å². The molecule has 0 fully saturated rings. The van der Waals surface area contributed by atoms with Crippen LogP contribution in [0.4, 0.5) is 5.69 Å². The molecule has 0 saturated carbocycles. The Morgan fingerprint density at radius 1 is 0.814 bits per heavy atom. The van der Waals surface area contributed by atoms with Crippen molar-refractivity contribution >= 4 is 47.2 Å². The van der Waals surface area contributed by atoms with Crippen molar-refractivity contribution in [2.24, 2.45) is 0 Å². The summed E-state index contributed by atoms with van der Waals surface area (Å²) in [6, 6.07) is 27.4. The monoisotopic (exact) mass is 593 g/mol. The molecule has 4 aromatic carbocycles. The van der Waals surface area contributed by atoms with Gasteiger partial charge in [-0.15, -0.1) is 11.8 Å². The number of ether oxygens (including phenoxy) is 2. The number of hydrogen-bond acceptors (Lipinski definition) is 7. The zero-order valence-electron chi connectivity index (χ0n) is 23.3. The number of carbonyl (C=O) groups excluding carboxylic acids is 4. The summed E-state index contributed by atoms with van der Waals surface area (Å²) in [5, 5.41) is 5.54. The van der Waals surface area contributed by atoms with Crippen LogP contribution in [-0.2, 0) is 4.79 Å². The first-order valence-corrected chi connectivity index (χ1v) is 14.2. The molecule has 0 atom stereocenters. The molecule has 43 heavy (non-hydrogen) atoms. The van der Waals surface area contributed by atoms with Crippen LogP contribution in [-0.4, -0.2) is 48.6 Å². The molecule has 0 radical (unpaired) electrons. The van der Waals surface area contributed by atoms with E-state index in [4.69, 9.17) is 9.47 Å². The number of hydrogen-bond donors (Lipinski definition) is 2. The fourth-order valence-corrected chi connectivity index (χ4v) is 5.31. The van der Waals surface area contributed by atoms with Crippen LogP contribution in [0.5, 0.6) is 11.5 Å². The molecule has 5 rings (SSSR count). The van der Waals surface area contributed by atoms with Crippen molar-refractivity contribution in [3.8, 4) is 11.5 Å². The number of benzene rings is 4. The van der Waals surface area contributed by atoms with E-state index in [2.05, 4.69) is 10.6 Å². The SMILES string of the molecule is COc1ccc(OC)c(/C=C(/NC(=O)c2ccccc2)C(=O)Nc2cccc(SCN3C(=O)c4ccccc4C3=O)c2)c1. The highest BCUT2D eigenvalue weighted by atomic mass is 32.2. The van der Waals surface area contributed by atoms with E-state index in [-0.39, 0.29) is 23.4 Å². The van der Waals surface area contributed by atoms with E-state index < -0.39 is 11.8 Å². The Morgan fingerprint density at radius 3 is 2.19 bits per heavy atom. The number of fused-ring (bicyclic) bond motifs is 1. The third-order valence-electron chi connectivity index (χ3n) is 6.60. The van der Waals surface area contributed by atoms with E-state index in [1.165, 1.54) is 37.0 Å². The Bertz CT molecular complexity index is 1700. The average molecular weight is 594 g/mol. The first kappa shape index (κ1) is 29.2. The summed E-state index contributed by atoms with van der Waals surface area (Å²) in [6.45, 7) is 0. The molecule has 0 bridgehead atoms. The smallest absolute Gasteiger partial charge is 0.272 e. The Kier molecular flexibility index (Phi) is 8.88. The molecule has 0 spiro atoms. The summed E-state index contributed by atoms with van der Waals surface area (Å²) in [5.41, 5.74) is 2.10. The minimum Gasteiger partial charge on any atom is -0.497 e. The van der Waals surface area contributed by atoms with Crippen LogP contribution < -0.4 is 20.1 Å². The van der Waals surface area contributed by atoms with E-state index in [1.54, 1.807) is 91.0 Å². The molecule has 0 saturated heterocycles. The van der Waals surface area contributed by atoms with Gasteiger partial charge in [0.25, 0.3) is 23.6 Å². The topological polar surface area (TPSA) is 114 Å². The van der Waals surface area contributed by atoms with Gasteiger partial charge in [-0.3, -0.25) is 24.1 Å². The maximum Gasteiger partial charge on any atom is 0.272 e. The molecule has 0 aromatic heterocycles. The second-order valence-electron chi connectivity index (χ2n) is 9.33. The maximum absolute atomic E-state index is 13.6. The van der Waals surface area contributed by atoms with Gasteiger partial charge in [-0.05, 0) is 66.7 Å². The van der Waals surface area contributed by atoms with Gasteiger partial charge >= 0.3 is 0 Å². The van der Waals surface area contributed by atoms with Gasteiger partial charge in [0.05, 0.1) is 31.2 Å². The Morgan fingerprint density at radius 2 is 1.51 bits per heavy atom. The van der Waals surface area contributed by atoms with E-state index in [9.17, 15) is 19.2 Å². The number of amides is 4. The molecule has 0 unspecified atom stereocenters. The number of thioether (sulfide) groups is 1. The lowest BCUT2D eigenvalue weighted by molar-refractivity contribution is -0.113. The quantitative estimate of drug-likeness (QED) is 0.143. The predicted octanol–water partition coefficient (Wildman–Crippen LogP) is 5.46. The zero-order valence-corrected chi connectivity index (χ0v) is 24.1. The maximum atomic E-state index is 13.6. The molecular formula is C33H27N3O6S. The molecule has 4 amide bonds. The first-order valence-electron chi connectivity index (χ1n) is 13.2. The number of nitrogens with zero attached hydrogens (tertiary/aromatic N) is 1. The molecule has 4 aromatic rings. The van der Waals surface area contributed by atoms with Crippen molar-refractivity contribution in [1.29, 1.82) is 0 Å². The van der Waals surface area contributed by atoms with Crippen molar-refractivity contribution in [2.45, 2.75) is 4.90 Å². The normalized spacial score (nSPS) is 12.5. The van der Waals surface area contributed by atoms with Gasteiger partial charge in [-0.1, -0.05) is 36.4 Å². The molecule has 0 aliphatic carbocycles. The fraction of sp³-hybridized carbons (Fsp3) is 0.0909. The van der Waals surface area contributed by atoms with E-state index in [0.29, 0.717) is 39.4 Å². The van der Waals surface area contributed by atoms with Gasteiger partial charge in [-0.25, -0.2) is 0 Å². The lowest BCUT2D eigenvalue weighted by atomic mass is 10.1. The molecule has 1 aliphatic rings. The average Bonchev–Trinajstić information content (AvgIpc) is 3.28. The van der Waals surface area contributed by atoms with Crippen LogP contribution in [0.15, 0.2) is 108 Å². The minimum absolute atomic E-state index is 0.0236. The first-order chi connectivity index (χ1) is 20.9. The van der Waals surface area contributed by atoms with Crippen molar-refractivity contribution in [3.63, 3.8) is 0 Å². The molecular weight excluding hydrogens is 566 g/mol. The highest BCUT2D eigenvalue weighted by Gasteiger charge is 2.34. The van der Waals surface area contributed by atoms with Crippen LogP contribution in [0, 0.1) is 0 Å². The van der Waals surface area contributed by atoms with Gasteiger partial charge < -0.3 is 20.1 Å². The molecule has 1 aliphatic heterocycles. The van der Waals surface area contributed by atoms with Crippen LogP contribution in [0.2, 0.25) is 0 Å². The third-order valence-corrected chi connectivity index (χ3v) is 7.57. The minimum atomic E-state index is -0.573. The molecule has 216 valence electrons. The van der Waals surface area contributed by atoms with Gasteiger partial charge in [0.1, 0.15) is 17.2 Å². The number of methoxy groups -OCH3 is 2. The summed E-state index contributed by atoms with van der Waals surface area (Å²) in [5.74, 6) is -0.581. The van der Waals surface area contributed by atoms with E-state index in [0.717, 1.165) is 4.90 Å². The van der Waals surface area contributed by atoms with Gasteiger partial charge in [-0.2, -0.15) is 0 Å². The third kappa shape index (κ3) is 6.60. The van der Waals surface area contributed by atoms with Crippen LogP contribution in [0.3, 0.4) is 0 Å². The lowest BCUT2D eigenvalue weighted by Gasteiger charge is -2.15. The van der Waals surface area contributed by atoms with Gasteiger partial charge in [0, 0.05) is 21.7 Å². The van der Waals surface area contributed by atoms with Crippen LogP contribution >= 0.6 is 11.8 Å². The number of anilines is 1. The molecule has 1 heterocycles. The zero-order chi connectivity index (χ0) is 30.3. The summed E-state index contributed by atoms with van der Waals surface area (Å²) in [4.78, 5) is 53.9. The molecule has 9 nitrogen and oxygen atoms in total.